The first-order valence-corrected chi connectivity index (χ1v) is 22.2. The van der Waals surface area contributed by atoms with E-state index in [1.165, 1.54) is 11.3 Å². The molecule has 1 saturated heterocycles. The molecule has 1 aromatic heterocycles. The van der Waals surface area contributed by atoms with E-state index < -0.39 is 67.7 Å². The third kappa shape index (κ3) is 6.62. The first-order chi connectivity index (χ1) is 26.8. The molecule has 3 N–H and O–H groups in total. The first kappa shape index (κ1) is 37.4. The molecule has 8 atom stereocenters. The molecule has 300 valence electrons. The predicted molar refractivity (Wildman–Crippen MR) is 207 cm³/mol. The number of benzene rings is 1. The lowest BCUT2D eigenvalue weighted by Gasteiger charge is -2.36. The second-order valence-corrected chi connectivity index (χ2v) is 20.2. The summed E-state index contributed by atoms with van der Waals surface area (Å²) in [7, 11) is -3.97. The summed E-state index contributed by atoms with van der Waals surface area (Å²) in [5, 5.41) is 6.90. The number of rotatable bonds is 5. The van der Waals surface area contributed by atoms with Crippen LogP contribution in [0.2, 0.25) is 0 Å². The molecule has 2 aromatic rings. The Morgan fingerprint density at radius 2 is 1.86 bits per heavy atom. The molecule has 2 bridgehead atoms. The maximum absolute atomic E-state index is 14.9. The van der Waals surface area contributed by atoms with Crippen LogP contribution in [0, 0.1) is 24.7 Å². The van der Waals surface area contributed by atoms with E-state index >= 15 is 0 Å². The normalized spacial score (nSPS) is 35.2. The highest BCUT2D eigenvalue weighted by Gasteiger charge is 2.64. The number of ether oxygens (including phenoxy) is 2. The molecule has 0 radical (unpaired) electrons. The molecule has 0 unspecified atom stereocenters. The van der Waals surface area contributed by atoms with E-state index in [1.54, 1.807) is 6.92 Å². The second-order valence-electron chi connectivity index (χ2n) is 18.0. The van der Waals surface area contributed by atoms with Crippen molar-refractivity contribution < 1.29 is 37.1 Å². The predicted octanol–water partition coefficient (Wildman–Crippen LogP) is 4.89. The monoisotopic (exact) mass is 787 g/mol. The van der Waals surface area contributed by atoms with E-state index in [4.69, 9.17) is 14.5 Å². The van der Waals surface area contributed by atoms with Crippen molar-refractivity contribution in [2.75, 3.05) is 6.54 Å². The van der Waals surface area contributed by atoms with Gasteiger partial charge in [-0.25, -0.2) is 18.2 Å². The van der Waals surface area contributed by atoms with Gasteiger partial charge in [0.1, 0.15) is 35.1 Å². The quantitative estimate of drug-likeness (QED) is 0.357. The molecule has 4 saturated carbocycles. The highest BCUT2D eigenvalue weighted by atomic mass is 32.2. The number of fused-ring (bicyclic) bond motifs is 7. The fraction of sp³-hybridized carbons (Fsp3) is 0.643. The Kier molecular flexibility index (Phi) is 9.16. The Morgan fingerprint density at radius 1 is 1.04 bits per heavy atom. The zero-order valence-corrected chi connectivity index (χ0v) is 33.1. The van der Waals surface area contributed by atoms with Crippen LogP contribution in [0.1, 0.15) is 108 Å². The number of sulfonamides is 1. The van der Waals surface area contributed by atoms with Crippen LogP contribution in [-0.2, 0) is 35.6 Å². The first-order valence-electron chi connectivity index (χ1n) is 20.7. The van der Waals surface area contributed by atoms with Gasteiger partial charge in [-0.1, -0.05) is 43.2 Å². The molecule has 3 aliphatic heterocycles. The van der Waals surface area contributed by atoms with E-state index in [9.17, 15) is 27.6 Å². The van der Waals surface area contributed by atoms with Gasteiger partial charge in [-0.2, -0.15) is 0 Å². The number of nitrogens with one attached hydrogen (secondary N) is 3. The third-order valence-electron chi connectivity index (χ3n) is 14.1. The molecular weight excluding hydrogens is 735 g/mol. The number of nitrogens with zero attached hydrogens (tertiary/aromatic N) is 2. The van der Waals surface area contributed by atoms with Crippen molar-refractivity contribution in [3.8, 4) is 5.75 Å². The summed E-state index contributed by atoms with van der Waals surface area (Å²) < 4.78 is 40.6. The van der Waals surface area contributed by atoms with E-state index in [-0.39, 0.29) is 25.5 Å². The van der Waals surface area contributed by atoms with E-state index in [1.807, 2.05) is 43.3 Å². The van der Waals surface area contributed by atoms with Crippen molar-refractivity contribution in [2.45, 2.75) is 144 Å². The van der Waals surface area contributed by atoms with E-state index in [0.29, 0.717) is 56.1 Å². The number of hydrogen-bond donors (Lipinski definition) is 3. The minimum atomic E-state index is -3.97. The Morgan fingerprint density at radius 3 is 2.62 bits per heavy atom. The zero-order valence-electron chi connectivity index (χ0n) is 32.3. The smallest absolute Gasteiger partial charge is 0.408 e. The highest BCUT2D eigenvalue weighted by molar-refractivity contribution is 7.91. The minimum Gasteiger partial charge on any atom is -0.483 e. The van der Waals surface area contributed by atoms with Crippen LogP contribution in [0.3, 0.4) is 0 Å². The average molecular weight is 788 g/mol. The van der Waals surface area contributed by atoms with Gasteiger partial charge in [0.05, 0.1) is 22.5 Å². The molecule has 4 amide bonds. The van der Waals surface area contributed by atoms with Crippen LogP contribution in [0.15, 0.2) is 36.4 Å². The molecule has 56 heavy (non-hydrogen) atoms. The Bertz CT molecular complexity index is 2120. The fourth-order valence-electron chi connectivity index (χ4n) is 10.3. The molecule has 7 aliphatic rings. The lowest BCUT2D eigenvalue weighted by molar-refractivity contribution is -0.141. The van der Waals surface area contributed by atoms with E-state index in [0.717, 1.165) is 60.7 Å². The molecule has 1 aromatic carbocycles. The topological polar surface area (TPSA) is 173 Å². The molecule has 5 fully saturated rings. The third-order valence-corrected chi connectivity index (χ3v) is 16.3. The maximum Gasteiger partial charge on any atom is 0.408 e. The SMILES string of the molecule is Cc1nc2ccccc2c2c1O[C@]1(CC2)C[C@H]2C(=O)N[C@]3(C(=O)NS(=O)(=O)C4(C)CC4)C[C@H]3/C=C\CCCCC[C@H](NC(=O)O[C@H]3C[C@H]4CC[C@@H]3C4)C(=O)N2C1. The number of aryl methyl sites for hydroxylation is 2. The number of amides is 4. The lowest BCUT2D eigenvalue weighted by Crippen LogP contribution is -2.58. The zero-order chi connectivity index (χ0) is 39.0. The summed E-state index contributed by atoms with van der Waals surface area (Å²) in [5.41, 5.74) is 0.197. The number of pyridine rings is 1. The van der Waals surface area contributed by atoms with Crippen LogP contribution < -0.4 is 20.1 Å². The summed E-state index contributed by atoms with van der Waals surface area (Å²) in [6, 6.07) is 5.92. The number of para-hydroxylation sites is 1. The van der Waals surface area contributed by atoms with Crippen LogP contribution in [0.25, 0.3) is 10.9 Å². The van der Waals surface area contributed by atoms with Gasteiger partial charge >= 0.3 is 6.09 Å². The summed E-state index contributed by atoms with van der Waals surface area (Å²) >= 11 is 0. The summed E-state index contributed by atoms with van der Waals surface area (Å²) in [5.74, 6) is -0.548. The maximum atomic E-state index is 14.9. The molecule has 1 spiro atoms. The van der Waals surface area contributed by atoms with Crippen molar-refractivity contribution in [1.29, 1.82) is 0 Å². The highest BCUT2D eigenvalue weighted by Crippen LogP contribution is 2.49. The van der Waals surface area contributed by atoms with Gasteiger partial charge in [-0.15, -0.1) is 0 Å². The summed E-state index contributed by atoms with van der Waals surface area (Å²) in [6.07, 6.45) is 13.1. The van der Waals surface area contributed by atoms with E-state index in [2.05, 4.69) is 15.4 Å². The molecule has 4 heterocycles. The molecular formula is C42H53N5O8S. The number of carbonyl (C=O) groups excluding carboxylic acids is 4. The molecule has 14 heteroatoms. The lowest BCUT2D eigenvalue weighted by atomic mass is 9.87. The number of hydrogen-bond acceptors (Lipinski definition) is 9. The van der Waals surface area contributed by atoms with Crippen LogP contribution >= 0.6 is 0 Å². The van der Waals surface area contributed by atoms with Crippen LogP contribution in [0.4, 0.5) is 4.79 Å². The second kappa shape index (κ2) is 13.7. The minimum absolute atomic E-state index is 0.0878. The largest absolute Gasteiger partial charge is 0.483 e. The Hall–Kier alpha value is -4.20. The van der Waals surface area contributed by atoms with Crippen LogP contribution in [-0.4, -0.2) is 82.7 Å². The van der Waals surface area contributed by atoms with Crippen molar-refractivity contribution in [3.05, 3.63) is 47.7 Å². The van der Waals surface area contributed by atoms with Gasteiger partial charge in [0.2, 0.25) is 21.8 Å². The average Bonchev–Trinajstić information content (AvgIpc) is 3.89. The van der Waals surface area contributed by atoms with Crippen molar-refractivity contribution >= 4 is 44.7 Å². The number of aromatic nitrogens is 1. The van der Waals surface area contributed by atoms with Gasteiger partial charge < -0.3 is 25.0 Å². The standard InChI is InChI=1S/C42H53N5O8S/c1-25-35-30(29-11-8-9-12-31(29)43-25)16-17-41(55-35)23-33-36(48)45-42(38(50)46-56(52,53)40(2)18-19-40)22-28(42)10-6-4-3-5-7-13-32(37(49)47(33)24-41)44-39(51)54-34-21-26-14-15-27(34)20-26/h6,8-12,26-28,32-34H,3-5,7,13-24H2,1-2H3,(H,44,51)(H,45,48)(H,46,50)/b10-6-/t26-,27+,28+,32-,33-,34-,41+,42+/m0/s1. The molecule has 13 nitrogen and oxygen atoms in total. The Labute approximate surface area is 328 Å². The fourth-order valence-corrected chi connectivity index (χ4v) is 11.6. The number of alkyl carbamates (subject to hydrolysis) is 1. The molecule has 4 aliphatic carbocycles. The van der Waals surface area contributed by atoms with Gasteiger partial charge in [0.25, 0.3) is 5.91 Å². The van der Waals surface area contributed by atoms with Gasteiger partial charge in [-0.3, -0.25) is 19.1 Å². The van der Waals surface area contributed by atoms with Crippen LogP contribution in [0.5, 0.6) is 5.75 Å². The van der Waals surface area contributed by atoms with Gasteiger partial charge in [0, 0.05) is 23.3 Å². The molecule has 9 rings (SSSR count). The van der Waals surface area contributed by atoms with Crippen molar-refractivity contribution in [3.63, 3.8) is 0 Å². The number of carbonyl (C=O) groups is 4. The summed E-state index contributed by atoms with van der Waals surface area (Å²) in [4.78, 5) is 63.4. The van der Waals surface area contributed by atoms with Crippen molar-refractivity contribution in [1.82, 2.24) is 25.2 Å². The van der Waals surface area contributed by atoms with Gasteiger partial charge in [0.15, 0.2) is 0 Å². The number of allylic oxidation sites excluding steroid dienone is 1. The van der Waals surface area contributed by atoms with Gasteiger partial charge in [-0.05, 0) is 109 Å². The Balaban J connectivity index is 1.03. The summed E-state index contributed by atoms with van der Waals surface area (Å²) in [6.45, 7) is 3.60. The van der Waals surface area contributed by atoms with Crippen molar-refractivity contribution in [2.24, 2.45) is 17.8 Å².